The zero-order valence-corrected chi connectivity index (χ0v) is 12.6. The molecular formula is C15H26O6. The predicted octanol–water partition coefficient (Wildman–Crippen LogP) is 1.45. The summed E-state index contributed by atoms with van der Waals surface area (Å²) in [4.78, 5) is 10.3. The van der Waals surface area contributed by atoms with E-state index in [2.05, 4.69) is 0 Å². The molecule has 0 aromatic carbocycles. The second kappa shape index (κ2) is 9.15. The van der Waals surface area contributed by atoms with E-state index >= 15 is 0 Å². The molecule has 0 radical (unpaired) electrons. The summed E-state index contributed by atoms with van der Waals surface area (Å²) in [7, 11) is 0. The molecular weight excluding hydrogens is 276 g/mol. The molecule has 1 aliphatic rings. The summed E-state index contributed by atoms with van der Waals surface area (Å²) in [6, 6.07) is 0. The second-order valence-corrected chi connectivity index (χ2v) is 5.55. The molecule has 1 saturated heterocycles. The normalized spacial score (nSPS) is 31.4. The minimum absolute atomic E-state index is 0.0597. The van der Waals surface area contributed by atoms with Crippen molar-refractivity contribution in [3.8, 4) is 0 Å². The van der Waals surface area contributed by atoms with Crippen LogP contribution in [0.3, 0.4) is 0 Å². The van der Waals surface area contributed by atoms with E-state index in [9.17, 15) is 15.0 Å². The Morgan fingerprint density at radius 1 is 1.38 bits per heavy atom. The number of carboxylic acid groups (broad SMARTS) is 1. The zero-order valence-electron chi connectivity index (χ0n) is 12.6. The Labute approximate surface area is 125 Å². The van der Waals surface area contributed by atoms with Gasteiger partial charge in [-0.15, -0.1) is 0 Å². The smallest absolute Gasteiger partial charge is 0.327 e. The molecule has 0 saturated carbocycles. The van der Waals surface area contributed by atoms with Crippen LogP contribution in [0.4, 0.5) is 0 Å². The Hall–Kier alpha value is -0.950. The van der Waals surface area contributed by atoms with E-state index < -0.39 is 24.5 Å². The Bertz CT molecular complexity index is 343. The van der Waals surface area contributed by atoms with Gasteiger partial charge in [-0.05, 0) is 33.1 Å². The van der Waals surface area contributed by atoms with E-state index in [0.717, 1.165) is 31.8 Å². The van der Waals surface area contributed by atoms with Crippen molar-refractivity contribution in [2.24, 2.45) is 0 Å². The molecule has 5 atom stereocenters. The summed E-state index contributed by atoms with van der Waals surface area (Å²) >= 11 is 0. The number of carbonyl (C=O) groups is 1. The molecule has 1 aliphatic heterocycles. The molecule has 1 rings (SSSR count). The number of carboxylic acids is 1. The maximum Gasteiger partial charge on any atom is 0.327 e. The number of aliphatic carboxylic acids is 1. The summed E-state index contributed by atoms with van der Waals surface area (Å²) in [5.41, 5.74) is 0. The van der Waals surface area contributed by atoms with E-state index in [4.69, 9.17) is 14.6 Å². The Morgan fingerprint density at radius 3 is 2.76 bits per heavy atom. The third kappa shape index (κ3) is 7.04. The monoisotopic (exact) mass is 302 g/mol. The van der Waals surface area contributed by atoms with Crippen LogP contribution in [0.2, 0.25) is 0 Å². The lowest BCUT2D eigenvalue weighted by atomic mass is 10.0. The zero-order chi connectivity index (χ0) is 15.8. The van der Waals surface area contributed by atoms with Gasteiger partial charge in [0.25, 0.3) is 0 Å². The van der Waals surface area contributed by atoms with Crippen molar-refractivity contribution in [1.29, 1.82) is 0 Å². The van der Waals surface area contributed by atoms with Crippen LogP contribution in [0.5, 0.6) is 0 Å². The summed E-state index contributed by atoms with van der Waals surface area (Å²) in [5, 5.41) is 27.8. The van der Waals surface area contributed by atoms with Crippen LogP contribution in [0.15, 0.2) is 12.2 Å². The van der Waals surface area contributed by atoms with Crippen molar-refractivity contribution in [2.75, 3.05) is 0 Å². The summed E-state index contributed by atoms with van der Waals surface area (Å²) < 4.78 is 11.1. The first-order valence-electron chi connectivity index (χ1n) is 7.46. The van der Waals surface area contributed by atoms with Gasteiger partial charge in [0.05, 0.1) is 18.3 Å². The van der Waals surface area contributed by atoms with Crippen molar-refractivity contribution >= 4 is 5.97 Å². The van der Waals surface area contributed by atoms with Gasteiger partial charge in [0.15, 0.2) is 6.29 Å². The first kappa shape index (κ1) is 18.1. The lowest BCUT2D eigenvalue weighted by molar-refractivity contribution is -0.273. The molecule has 6 heteroatoms. The predicted molar refractivity (Wildman–Crippen MR) is 76.8 cm³/mol. The van der Waals surface area contributed by atoms with Crippen LogP contribution in [0.1, 0.15) is 46.0 Å². The highest BCUT2D eigenvalue weighted by Gasteiger charge is 2.35. The van der Waals surface area contributed by atoms with Gasteiger partial charge in [-0.25, -0.2) is 4.79 Å². The fourth-order valence-corrected chi connectivity index (χ4v) is 2.24. The molecule has 1 fully saturated rings. The largest absolute Gasteiger partial charge is 0.478 e. The Morgan fingerprint density at radius 2 is 2.10 bits per heavy atom. The molecule has 0 bridgehead atoms. The van der Waals surface area contributed by atoms with Gasteiger partial charge >= 0.3 is 5.97 Å². The Balaban J connectivity index is 2.18. The SMILES string of the molecule is C[C@H](CCCCC=CC(=O)O)OC1O[C@@H](C)[C@H](O)C[C@H]1O. The van der Waals surface area contributed by atoms with Crippen LogP contribution >= 0.6 is 0 Å². The van der Waals surface area contributed by atoms with Gasteiger partial charge < -0.3 is 24.8 Å². The average Bonchev–Trinajstić information content (AvgIpc) is 2.39. The molecule has 122 valence electrons. The average molecular weight is 302 g/mol. The number of aliphatic hydroxyl groups excluding tert-OH is 2. The van der Waals surface area contributed by atoms with Gasteiger partial charge in [-0.2, -0.15) is 0 Å². The summed E-state index contributed by atoms with van der Waals surface area (Å²) in [6.07, 6.45) is 3.84. The van der Waals surface area contributed by atoms with E-state index in [-0.39, 0.29) is 18.6 Å². The molecule has 0 aliphatic carbocycles. The van der Waals surface area contributed by atoms with Crippen LogP contribution in [-0.4, -0.2) is 52.0 Å². The molecule has 0 spiro atoms. The number of ether oxygens (including phenoxy) is 2. The third-order valence-corrected chi connectivity index (χ3v) is 3.55. The van der Waals surface area contributed by atoms with Crippen molar-refractivity contribution < 1.29 is 29.6 Å². The van der Waals surface area contributed by atoms with E-state index in [1.807, 2.05) is 6.92 Å². The minimum atomic E-state index is -0.925. The molecule has 1 unspecified atom stereocenters. The van der Waals surface area contributed by atoms with Crippen molar-refractivity contribution in [1.82, 2.24) is 0 Å². The second-order valence-electron chi connectivity index (χ2n) is 5.55. The first-order valence-corrected chi connectivity index (χ1v) is 7.46. The molecule has 0 aromatic heterocycles. The molecule has 21 heavy (non-hydrogen) atoms. The van der Waals surface area contributed by atoms with Crippen molar-refractivity contribution in [3.63, 3.8) is 0 Å². The highest BCUT2D eigenvalue weighted by atomic mass is 16.7. The van der Waals surface area contributed by atoms with E-state index in [0.29, 0.717) is 0 Å². The number of rotatable bonds is 8. The first-order chi connectivity index (χ1) is 9.90. The van der Waals surface area contributed by atoms with Gasteiger partial charge in [0.1, 0.15) is 6.10 Å². The van der Waals surface area contributed by atoms with Crippen LogP contribution in [0, 0.1) is 0 Å². The molecule has 1 heterocycles. The summed E-state index contributed by atoms with van der Waals surface area (Å²) in [6.45, 7) is 3.67. The molecule has 0 aromatic rings. The summed E-state index contributed by atoms with van der Waals surface area (Å²) in [5.74, 6) is -0.925. The number of unbranched alkanes of at least 4 members (excludes halogenated alkanes) is 2. The van der Waals surface area contributed by atoms with E-state index in [1.165, 1.54) is 0 Å². The lowest BCUT2D eigenvalue weighted by Crippen LogP contribution is -2.48. The van der Waals surface area contributed by atoms with Crippen LogP contribution in [-0.2, 0) is 14.3 Å². The van der Waals surface area contributed by atoms with Crippen LogP contribution in [0.25, 0.3) is 0 Å². The van der Waals surface area contributed by atoms with Gasteiger partial charge in [0.2, 0.25) is 0 Å². The highest BCUT2D eigenvalue weighted by Crippen LogP contribution is 2.23. The van der Waals surface area contributed by atoms with Crippen molar-refractivity contribution in [2.45, 2.75) is 76.7 Å². The fraction of sp³-hybridized carbons (Fsp3) is 0.800. The van der Waals surface area contributed by atoms with E-state index in [1.54, 1.807) is 13.0 Å². The fourth-order valence-electron chi connectivity index (χ4n) is 2.24. The van der Waals surface area contributed by atoms with Gasteiger partial charge in [-0.3, -0.25) is 0 Å². The quantitative estimate of drug-likeness (QED) is 0.464. The number of hydrogen-bond donors (Lipinski definition) is 3. The molecule has 0 amide bonds. The minimum Gasteiger partial charge on any atom is -0.478 e. The Kier molecular flexibility index (Phi) is 7.88. The van der Waals surface area contributed by atoms with Gasteiger partial charge in [0, 0.05) is 12.5 Å². The van der Waals surface area contributed by atoms with Crippen LogP contribution < -0.4 is 0 Å². The van der Waals surface area contributed by atoms with Crippen molar-refractivity contribution in [3.05, 3.63) is 12.2 Å². The third-order valence-electron chi connectivity index (χ3n) is 3.55. The molecule has 3 N–H and O–H groups in total. The number of aliphatic hydroxyl groups is 2. The lowest BCUT2D eigenvalue weighted by Gasteiger charge is -2.36. The topological polar surface area (TPSA) is 96.2 Å². The maximum absolute atomic E-state index is 10.3. The van der Waals surface area contributed by atoms with Gasteiger partial charge in [-0.1, -0.05) is 12.5 Å². The number of allylic oxidation sites excluding steroid dienone is 1. The maximum atomic E-state index is 10.3. The highest BCUT2D eigenvalue weighted by molar-refractivity contribution is 5.79. The standard InChI is InChI=1S/C15H26O6/c1-10(7-5-3-4-6-8-14(18)19)20-15-13(17)9-12(16)11(2)21-15/h6,8,10-13,15-17H,3-5,7,9H2,1-2H3,(H,18,19)/t10-,11+,12-,13-,15?/m1/s1. The molecule has 6 nitrogen and oxygen atoms in total. The number of hydrogen-bond acceptors (Lipinski definition) is 5.